The van der Waals surface area contributed by atoms with E-state index in [2.05, 4.69) is 193 Å². The highest BCUT2D eigenvalue weighted by molar-refractivity contribution is 6.13. The molecular formula is C48H33NO. The molecule has 0 N–H and O–H groups in total. The van der Waals surface area contributed by atoms with E-state index in [1.165, 1.54) is 33.4 Å². The number of para-hydroxylation sites is 1. The van der Waals surface area contributed by atoms with Gasteiger partial charge in [-0.3, -0.25) is 0 Å². The van der Waals surface area contributed by atoms with E-state index in [1.54, 1.807) is 0 Å². The van der Waals surface area contributed by atoms with Crippen molar-refractivity contribution in [3.8, 4) is 44.5 Å². The van der Waals surface area contributed by atoms with Crippen LogP contribution in [0.5, 0.6) is 0 Å². The zero-order valence-corrected chi connectivity index (χ0v) is 27.4. The van der Waals surface area contributed by atoms with Crippen LogP contribution in [-0.4, -0.2) is 0 Å². The summed E-state index contributed by atoms with van der Waals surface area (Å²) in [6.45, 7) is 0. The minimum absolute atomic E-state index is 0.866. The van der Waals surface area contributed by atoms with Gasteiger partial charge in [-0.2, -0.15) is 0 Å². The van der Waals surface area contributed by atoms with Gasteiger partial charge in [0.1, 0.15) is 11.2 Å². The van der Waals surface area contributed by atoms with Crippen LogP contribution >= 0.6 is 0 Å². The van der Waals surface area contributed by atoms with Crippen molar-refractivity contribution in [2.45, 2.75) is 0 Å². The van der Waals surface area contributed by atoms with E-state index in [0.717, 1.165) is 50.1 Å². The van der Waals surface area contributed by atoms with Crippen LogP contribution in [0.1, 0.15) is 0 Å². The zero-order valence-electron chi connectivity index (χ0n) is 27.4. The average molecular weight is 640 g/mol. The number of fused-ring (bicyclic) bond motifs is 3. The van der Waals surface area contributed by atoms with Crippen LogP contribution in [0.25, 0.3) is 66.4 Å². The van der Waals surface area contributed by atoms with Gasteiger partial charge in [-0.25, -0.2) is 0 Å². The Morgan fingerprint density at radius 3 is 1.30 bits per heavy atom. The largest absolute Gasteiger partial charge is 0.456 e. The lowest BCUT2D eigenvalue weighted by Gasteiger charge is -2.27. The summed E-state index contributed by atoms with van der Waals surface area (Å²) >= 11 is 0. The van der Waals surface area contributed by atoms with Crippen molar-refractivity contribution in [2.75, 3.05) is 4.90 Å². The van der Waals surface area contributed by atoms with Gasteiger partial charge in [0.25, 0.3) is 0 Å². The first-order valence-electron chi connectivity index (χ1n) is 17.0. The summed E-state index contributed by atoms with van der Waals surface area (Å²) in [4.78, 5) is 2.38. The van der Waals surface area contributed by atoms with E-state index < -0.39 is 0 Å². The summed E-state index contributed by atoms with van der Waals surface area (Å²) < 4.78 is 6.40. The van der Waals surface area contributed by atoms with E-state index in [4.69, 9.17) is 4.42 Å². The molecule has 236 valence electrons. The maximum absolute atomic E-state index is 6.40. The predicted molar refractivity (Wildman–Crippen MR) is 210 cm³/mol. The molecule has 2 nitrogen and oxygen atoms in total. The Balaban J connectivity index is 1.26. The Labute approximate surface area is 292 Å². The number of hydrogen-bond acceptors (Lipinski definition) is 2. The average Bonchev–Trinajstić information content (AvgIpc) is 3.59. The number of furan rings is 1. The van der Waals surface area contributed by atoms with Crippen LogP contribution in [-0.2, 0) is 0 Å². The minimum atomic E-state index is 0.866. The summed E-state index contributed by atoms with van der Waals surface area (Å²) in [6.07, 6.45) is 0. The van der Waals surface area contributed by atoms with Crippen LogP contribution in [0, 0.1) is 0 Å². The molecule has 0 fully saturated rings. The highest BCUT2D eigenvalue weighted by Crippen LogP contribution is 2.45. The molecule has 2 heteroatoms. The van der Waals surface area contributed by atoms with E-state index in [1.807, 2.05) is 12.1 Å². The fourth-order valence-corrected chi connectivity index (χ4v) is 7.20. The second-order valence-corrected chi connectivity index (χ2v) is 12.5. The van der Waals surface area contributed by atoms with Crippen molar-refractivity contribution in [1.29, 1.82) is 0 Å². The number of benzene rings is 8. The van der Waals surface area contributed by atoms with Crippen molar-refractivity contribution in [3.63, 3.8) is 0 Å². The molecular weight excluding hydrogens is 607 g/mol. The van der Waals surface area contributed by atoms with Gasteiger partial charge in [-0.1, -0.05) is 158 Å². The van der Waals surface area contributed by atoms with Gasteiger partial charge in [-0.15, -0.1) is 0 Å². The molecule has 1 aromatic heterocycles. The zero-order chi connectivity index (χ0) is 33.3. The molecule has 9 aromatic rings. The van der Waals surface area contributed by atoms with E-state index in [0.29, 0.717) is 0 Å². The number of hydrogen-bond donors (Lipinski definition) is 0. The third-order valence-corrected chi connectivity index (χ3v) is 9.48. The smallest absolute Gasteiger partial charge is 0.137 e. The third-order valence-electron chi connectivity index (χ3n) is 9.48. The fraction of sp³-hybridized carbons (Fsp3) is 0. The highest BCUT2D eigenvalue weighted by atomic mass is 16.3. The topological polar surface area (TPSA) is 16.4 Å². The molecule has 0 spiro atoms. The molecule has 1 heterocycles. The summed E-state index contributed by atoms with van der Waals surface area (Å²) in [5.74, 6) is 0. The molecule has 0 amide bonds. The van der Waals surface area contributed by atoms with Crippen molar-refractivity contribution >= 4 is 39.0 Å². The van der Waals surface area contributed by atoms with Gasteiger partial charge >= 0.3 is 0 Å². The van der Waals surface area contributed by atoms with Crippen molar-refractivity contribution < 1.29 is 4.42 Å². The molecule has 0 unspecified atom stereocenters. The maximum Gasteiger partial charge on any atom is 0.137 e. The normalized spacial score (nSPS) is 11.2. The van der Waals surface area contributed by atoms with Gasteiger partial charge in [0.15, 0.2) is 0 Å². The first-order valence-corrected chi connectivity index (χ1v) is 17.0. The molecule has 0 aliphatic heterocycles. The lowest BCUT2D eigenvalue weighted by atomic mass is 9.93. The standard InChI is InChI=1S/C48H33NO/c1-3-16-34(17-4-1)40-24-7-9-26-42(40)36-20-13-22-38(32-36)49(45-29-15-31-47-48(45)44-28-11-12-30-46(44)50-47)39-23-14-21-37(33-39)43-27-10-8-25-41(43)35-18-5-2-6-19-35/h1-33H. The summed E-state index contributed by atoms with van der Waals surface area (Å²) in [6, 6.07) is 71.1. The minimum Gasteiger partial charge on any atom is -0.456 e. The highest BCUT2D eigenvalue weighted by Gasteiger charge is 2.21. The van der Waals surface area contributed by atoms with Crippen LogP contribution in [0.2, 0.25) is 0 Å². The number of anilines is 3. The summed E-state index contributed by atoms with van der Waals surface area (Å²) in [7, 11) is 0. The van der Waals surface area contributed by atoms with Crippen molar-refractivity contribution in [1.82, 2.24) is 0 Å². The van der Waals surface area contributed by atoms with Crippen LogP contribution in [0.15, 0.2) is 205 Å². The molecule has 0 saturated heterocycles. The van der Waals surface area contributed by atoms with Gasteiger partial charge in [-0.05, 0) is 87.0 Å². The molecule has 0 aliphatic rings. The second kappa shape index (κ2) is 12.8. The van der Waals surface area contributed by atoms with E-state index >= 15 is 0 Å². The van der Waals surface area contributed by atoms with Gasteiger partial charge < -0.3 is 9.32 Å². The van der Waals surface area contributed by atoms with E-state index in [9.17, 15) is 0 Å². The molecule has 0 atom stereocenters. The van der Waals surface area contributed by atoms with Gasteiger partial charge in [0, 0.05) is 16.8 Å². The van der Waals surface area contributed by atoms with Gasteiger partial charge in [0.05, 0.1) is 11.1 Å². The molecule has 50 heavy (non-hydrogen) atoms. The Kier molecular flexibility index (Phi) is 7.53. The lowest BCUT2D eigenvalue weighted by Crippen LogP contribution is -2.10. The third kappa shape index (κ3) is 5.34. The Morgan fingerprint density at radius 2 is 0.740 bits per heavy atom. The second-order valence-electron chi connectivity index (χ2n) is 12.5. The Hall–Kier alpha value is -6.64. The van der Waals surface area contributed by atoms with E-state index in [-0.39, 0.29) is 0 Å². The lowest BCUT2D eigenvalue weighted by molar-refractivity contribution is 0.669. The molecule has 9 rings (SSSR count). The fourth-order valence-electron chi connectivity index (χ4n) is 7.20. The molecule has 0 radical (unpaired) electrons. The Morgan fingerprint density at radius 1 is 0.320 bits per heavy atom. The molecule has 8 aromatic carbocycles. The first kappa shape index (κ1) is 29.5. The molecule has 0 saturated carbocycles. The van der Waals surface area contributed by atoms with Crippen LogP contribution < -0.4 is 4.90 Å². The quantitative estimate of drug-likeness (QED) is 0.173. The van der Waals surface area contributed by atoms with Crippen LogP contribution in [0.4, 0.5) is 17.1 Å². The first-order chi connectivity index (χ1) is 24.8. The van der Waals surface area contributed by atoms with Crippen LogP contribution in [0.3, 0.4) is 0 Å². The number of nitrogens with zero attached hydrogens (tertiary/aromatic N) is 1. The number of rotatable bonds is 7. The molecule has 0 aliphatic carbocycles. The van der Waals surface area contributed by atoms with Crippen molar-refractivity contribution in [2.24, 2.45) is 0 Å². The summed E-state index contributed by atoms with van der Waals surface area (Å²) in [5, 5.41) is 2.19. The summed E-state index contributed by atoms with van der Waals surface area (Å²) in [5.41, 5.74) is 14.5. The predicted octanol–water partition coefficient (Wildman–Crippen LogP) is 13.7. The Bertz CT molecular complexity index is 2470. The maximum atomic E-state index is 6.40. The van der Waals surface area contributed by atoms with Gasteiger partial charge in [0.2, 0.25) is 0 Å². The molecule has 0 bridgehead atoms. The van der Waals surface area contributed by atoms with Crippen molar-refractivity contribution in [3.05, 3.63) is 200 Å². The monoisotopic (exact) mass is 639 g/mol. The SMILES string of the molecule is c1ccc(-c2ccccc2-c2cccc(N(c3cccc(-c4ccccc4-c4ccccc4)c3)c3cccc4oc5ccccc5c34)c2)cc1.